The maximum Gasteiger partial charge on any atom is 0.244 e. The molecule has 3 unspecified atom stereocenters. The molecule has 7 heteroatoms. The molecular formula is C21H29ClN2O3S. The molecule has 0 N–H and O–H groups in total. The maximum atomic E-state index is 13.4. The summed E-state index contributed by atoms with van der Waals surface area (Å²) in [6.07, 6.45) is 8.58. The van der Waals surface area contributed by atoms with E-state index in [0.717, 1.165) is 25.8 Å². The first kappa shape index (κ1) is 20.2. The maximum absolute atomic E-state index is 13.4. The number of fused-ring (bicyclic) bond motifs is 1. The summed E-state index contributed by atoms with van der Waals surface area (Å²) < 4.78 is 27.7. The van der Waals surface area contributed by atoms with E-state index >= 15 is 0 Å². The molecule has 2 heterocycles. The molecule has 3 fully saturated rings. The van der Waals surface area contributed by atoms with Crippen molar-refractivity contribution < 1.29 is 13.2 Å². The van der Waals surface area contributed by atoms with Gasteiger partial charge in [0.05, 0.1) is 10.9 Å². The van der Waals surface area contributed by atoms with E-state index in [2.05, 4.69) is 4.90 Å². The van der Waals surface area contributed by atoms with Gasteiger partial charge in [-0.1, -0.05) is 36.6 Å². The van der Waals surface area contributed by atoms with Crippen LogP contribution in [0.1, 0.15) is 51.4 Å². The van der Waals surface area contributed by atoms with Crippen LogP contribution in [0.5, 0.6) is 0 Å². The number of hydrogen-bond donors (Lipinski definition) is 0. The van der Waals surface area contributed by atoms with Crippen LogP contribution in [-0.2, 0) is 14.8 Å². The van der Waals surface area contributed by atoms with Gasteiger partial charge in [-0.15, -0.1) is 0 Å². The Hall–Kier alpha value is -1.11. The van der Waals surface area contributed by atoms with Gasteiger partial charge in [0.25, 0.3) is 0 Å². The van der Waals surface area contributed by atoms with Gasteiger partial charge in [-0.3, -0.25) is 4.79 Å². The van der Waals surface area contributed by atoms with Crippen molar-refractivity contribution in [1.82, 2.24) is 9.21 Å². The molecular weight excluding hydrogens is 396 g/mol. The van der Waals surface area contributed by atoms with E-state index in [1.165, 1.54) is 30.0 Å². The van der Waals surface area contributed by atoms with Crippen molar-refractivity contribution in [2.45, 2.75) is 62.3 Å². The lowest BCUT2D eigenvalue weighted by Gasteiger charge is -2.46. The Balaban J connectivity index is 1.50. The lowest BCUT2D eigenvalue weighted by Crippen LogP contribution is -2.54. The molecule has 28 heavy (non-hydrogen) atoms. The van der Waals surface area contributed by atoms with Crippen LogP contribution in [0, 0.1) is 11.8 Å². The lowest BCUT2D eigenvalue weighted by atomic mass is 9.77. The highest BCUT2D eigenvalue weighted by Crippen LogP contribution is 2.37. The summed E-state index contributed by atoms with van der Waals surface area (Å²) in [5.74, 6) is 0.556. The molecule has 2 saturated heterocycles. The minimum atomic E-state index is -3.68. The summed E-state index contributed by atoms with van der Waals surface area (Å²) in [5, 5.41) is 0.233. The number of piperidine rings is 2. The number of nitrogens with zero attached hydrogens (tertiary/aromatic N) is 2. The van der Waals surface area contributed by atoms with Crippen LogP contribution in [0.15, 0.2) is 29.2 Å². The van der Waals surface area contributed by atoms with E-state index in [1.807, 2.05) is 0 Å². The van der Waals surface area contributed by atoms with E-state index in [-0.39, 0.29) is 28.3 Å². The normalized spacial score (nSPS) is 29.3. The number of halogens is 1. The minimum Gasteiger partial charge on any atom is -0.339 e. The molecule has 0 bridgehead atoms. The smallest absolute Gasteiger partial charge is 0.244 e. The Morgan fingerprint density at radius 3 is 2.50 bits per heavy atom. The van der Waals surface area contributed by atoms with Crippen LogP contribution in [0.25, 0.3) is 0 Å². The van der Waals surface area contributed by atoms with E-state index in [1.54, 1.807) is 24.3 Å². The van der Waals surface area contributed by atoms with Gasteiger partial charge in [-0.25, -0.2) is 8.42 Å². The zero-order chi connectivity index (χ0) is 19.7. The zero-order valence-electron chi connectivity index (χ0n) is 16.2. The number of amides is 1. The molecule has 154 valence electrons. The van der Waals surface area contributed by atoms with Crippen LogP contribution in [0.3, 0.4) is 0 Å². The van der Waals surface area contributed by atoms with Crippen molar-refractivity contribution in [2.24, 2.45) is 11.8 Å². The number of benzene rings is 1. The highest BCUT2D eigenvalue weighted by molar-refractivity contribution is 7.89. The van der Waals surface area contributed by atoms with E-state index in [0.29, 0.717) is 24.9 Å². The monoisotopic (exact) mass is 424 g/mol. The summed E-state index contributed by atoms with van der Waals surface area (Å²) in [6.45, 7) is 1.54. The summed E-state index contributed by atoms with van der Waals surface area (Å²) in [4.78, 5) is 15.6. The summed E-state index contributed by atoms with van der Waals surface area (Å²) in [5.41, 5.74) is 0. The molecule has 1 amide bonds. The third kappa shape index (κ3) is 3.83. The summed E-state index contributed by atoms with van der Waals surface area (Å²) in [6, 6.07) is 6.91. The number of carbonyl (C=O) groups is 1. The molecule has 3 aliphatic rings. The molecule has 1 aromatic carbocycles. The van der Waals surface area contributed by atoms with Crippen molar-refractivity contribution in [1.29, 1.82) is 0 Å². The first-order valence-electron chi connectivity index (χ1n) is 10.5. The summed E-state index contributed by atoms with van der Waals surface area (Å²) in [7, 11) is -3.68. The highest BCUT2D eigenvalue weighted by atomic mass is 35.5. The number of sulfonamides is 1. The third-order valence-corrected chi connectivity index (χ3v) is 9.08. The molecule has 1 aromatic rings. The van der Waals surface area contributed by atoms with E-state index < -0.39 is 10.0 Å². The highest BCUT2D eigenvalue weighted by Gasteiger charge is 2.40. The predicted molar refractivity (Wildman–Crippen MR) is 110 cm³/mol. The van der Waals surface area contributed by atoms with E-state index in [9.17, 15) is 13.2 Å². The largest absolute Gasteiger partial charge is 0.339 e. The minimum absolute atomic E-state index is 0.134. The average molecular weight is 425 g/mol. The Kier molecular flexibility index (Phi) is 6.00. The van der Waals surface area contributed by atoms with Crippen LogP contribution in [-0.4, -0.2) is 49.2 Å². The molecule has 4 rings (SSSR count). The molecule has 5 nitrogen and oxygen atoms in total. The Labute approximate surface area is 173 Å². The topological polar surface area (TPSA) is 57.7 Å². The summed E-state index contributed by atoms with van der Waals surface area (Å²) >= 11 is 6.14. The van der Waals surface area contributed by atoms with Gasteiger partial charge < -0.3 is 4.90 Å². The second-order valence-corrected chi connectivity index (χ2v) is 10.7. The van der Waals surface area contributed by atoms with Gasteiger partial charge in [-0.05, 0) is 56.6 Å². The Morgan fingerprint density at radius 1 is 0.964 bits per heavy atom. The fourth-order valence-electron chi connectivity index (χ4n) is 5.29. The zero-order valence-corrected chi connectivity index (χ0v) is 17.8. The predicted octanol–water partition coefficient (Wildman–Crippen LogP) is 3.92. The molecule has 1 saturated carbocycles. The molecule has 2 aliphatic heterocycles. The Morgan fingerprint density at radius 2 is 1.68 bits per heavy atom. The third-order valence-electron chi connectivity index (χ3n) is 6.71. The number of carbonyl (C=O) groups excluding carboxylic acids is 1. The quantitative estimate of drug-likeness (QED) is 0.738. The van der Waals surface area contributed by atoms with Crippen LogP contribution in [0.4, 0.5) is 0 Å². The number of hydrogen-bond acceptors (Lipinski definition) is 3. The second-order valence-electron chi connectivity index (χ2n) is 8.42. The van der Waals surface area contributed by atoms with Gasteiger partial charge >= 0.3 is 0 Å². The second kappa shape index (κ2) is 8.33. The molecule has 0 aromatic heterocycles. The van der Waals surface area contributed by atoms with Gasteiger partial charge in [0.2, 0.25) is 15.9 Å². The number of rotatable bonds is 3. The van der Waals surface area contributed by atoms with Crippen molar-refractivity contribution in [3.63, 3.8) is 0 Å². The van der Waals surface area contributed by atoms with Crippen LogP contribution >= 0.6 is 11.6 Å². The first-order valence-corrected chi connectivity index (χ1v) is 12.4. The number of likely N-dealkylation sites (tertiary alicyclic amines) is 1. The molecule has 1 aliphatic carbocycles. The standard InChI is InChI=1S/C21H29ClN2O3S/c22-18-10-2-4-12-20(18)28(26,27)23-13-5-9-17(15-23)21(25)24-14-6-8-16-7-1-3-11-19(16)24/h2,4,10,12,16-17,19H,1,3,5-9,11,13-15H2. The van der Waals surface area contributed by atoms with Gasteiger partial charge in [0.1, 0.15) is 4.90 Å². The van der Waals surface area contributed by atoms with Crippen molar-refractivity contribution >= 4 is 27.5 Å². The average Bonchev–Trinajstić information content (AvgIpc) is 2.73. The van der Waals surface area contributed by atoms with Gasteiger partial charge in [-0.2, -0.15) is 4.31 Å². The van der Waals surface area contributed by atoms with Crippen molar-refractivity contribution in [3.8, 4) is 0 Å². The van der Waals surface area contributed by atoms with E-state index in [4.69, 9.17) is 11.6 Å². The molecule has 0 spiro atoms. The SMILES string of the molecule is O=C(C1CCCN(S(=O)(=O)c2ccccc2Cl)C1)N1CCCC2CCCCC21. The Bertz CT molecular complexity index is 827. The molecule has 3 atom stereocenters. The lowest BCUT2D eigenvalue weighted by molar-refractivity contribution is -0.143. The first-order chi connectivity index (χ1) is 13.5. The van der Waals surface area contributed by atoms with Crippen molar-refractivity contribution in [2.75, 3.05) is 19.6 Å². The van der Waals surface area contributed by atoms with Crippen molar-refractivity contribution in [3.05, 3.63) is 29.3 Å². The van der Waals surface area contributed by atoms with Gasteiger partial charge in [0.15, 0.2) is 0 Å². The fraction of sp³-hybridized carbons (Fsp3) is 0.667. The van der Waals surface area contributed by atoms with Crippen LogP contribution in [0.2, 0.25) is 5.02 Å². The molecule has 0 radical (unpaired) electrons. The fourth-order valence-corrected chi connectivity index (χ4v) is 7.31. The van der Waals surface area contributed by atoms with Gasteiger partial charge in [0, 0.05) is 25.7 Å². The van der Waals surface area contributed by atoms with Crippen LogP contribution < -0.4 is 0 Å².